The van der Waals surface area contributed by atoms with Gasteiger partial charge in [-0.15, -0.1) is 0 Å². The van der Waals surface area contributed by atoms with Gasteiger partial charge in [0.15, 0.2) is 5.78 Å². The van der Waals surface area contributed by atoms with Gasteiger partial charge in [-0.1, -0.05) is 25.7 Å². The molecule has 6 nitrogen and oxygen atoms in total. The van der Waals surface area contributed by atoms with Crippen LogP contribution in [-0.2, 0) is 23.9 Å². The Kier molecular flexibility index (Phi) is 11.3. The molecule has 0 spiro atoms. The van der Waals surface area contributed by atoms with Crippen LogP contribution in [0, 0.1) is 5.92 Å². The van der Waals surface area contributed by atoms with Crippen LogP contribution in [0.25, 0.3) is 0 Å². The number of rotatable bonds is 15. The lowest BCUT2D eigenvalue weighted by Gasteiger charge is -2.18. The van der Waals surface area contributed by atoms with E-state index in [4.69, 9.17) is 9.47 Å². The summed E-state index contributed by atoms with van der Waals surface area (Å²) in [6.07, 6.45) is 12.7. The van der Waals surface area contributed by atoms with E-state index in [1.54, 1.807) is 6.92 Å². The molecule has 178 valence electrons. The minimum Gasteiger partial charge on any atom is -0.493 e. The smallest absolute Gasteiger partial charge is 0.293 e. The van der Waals surface area contributed by atoms with Crippen molar-refractivity contribution in [3.05, 3.63) is 35.6 Å². The van der Waals surface area contributed by atoms with Gasteiger partial charge < -0.3 is 14.4 Å². The van der Waals surface area contributed by atoms with Crippen LogP contribution in [-0.4, -0.2) is 48.9 Å². The highest BCUT2D eigenvalue weighted by Crippen LogP contribution is 2.31. The quantitative estimate of drug-likeness (QED) is 0.0896. The van der Waals surface area contributed by atoms with Crippen LogP contribution in [0.2, 0.25) is 0 Å². The topological polar surface area (TPSA) is 72.9 Å². The van der Waals surface area contributed by atoms with Crippen molar-refractivity contribution in [1.29, 1.82) is 0 Å². The van der Waals surface area contributed by atoms with Gasteiger partial charge in [0.1, 0.15) is 11.9 Å². The van der Waals surface area contributed by atoms with Crippen molar-refractivity contribution < 1.29 is 23.9 Å². The van der Waals surface area contributed by atoms with Gasteiger partial charge in [0, 0.05) is 25.1 Å². The number of allylic oxidation sites excluding steroid dienone is 4. The van der Waals surface area contributed by atoms with Crippen LogP contribution in [0.4, 0.5) is 0 Å². The van der Waals surface area contributed by atoms with Gasteiger partial charge in [0.2, 0.25) is 5.91 Å². The number of ether oxygens (including phenoxy) is 2. The molecule has 6 heteroatoms. The largest absolute Gasteiger partial charge is 0.493 e. The van der Waals surface area contributed by atoms with Crippen molar-refractivity contribution in [2.24, 2.45) is 5.92 Å². The first-order valence-electron chi connectivity index (χ1n) is 12.0. The van der Waals surface area contributed by atoms with Crippen LogP contribution in [0.3, 0.4) is 0 Å². The van der Waals surface area contributed by atoms with E-state index >= 15 is 0 Å². The van der Waals surface area contributed by atoms with Crippen LogP contribution < -0.4 is 0 Å². The number of carbonyl (C=O) groups is 3. The van der Waals surface area contributed by atoms with E-state index in [2.05, 4.69) is 12.7 Å². The number of hydrogen-bond acceptors (Lipinski definition) is 5. The third-order valence-corrected chi connectivity index (χ3v) is 6.45. The van der Waals surface area contributed by atoms with E-state index in [-0.39, 0.29) is 17.8 Å². The Morgan fingerprint density at radius 1 is 1.25 bits per heavy atom. The molecule has 2 atom stereocenters. The zero-order chi connectivity index (χ0) is 23.3. The molecule has 1 aliphatic carbocycles. The predicted molar refractivity (Wildman–Crippen MR) is 125 cm³/mol. The van der Waals surface area contributed by atoms with Crippen molar-refractivity contribution in [3.63, 3.8) is 0 Å². The molecule has 0 aromatic rings. The minimum absolute atomic E-state index is 0.00999. The summed E-state index contributed by atoms with van der Waals surface area (Å²) in [7, 11) is 0. The first-order valence-corrected chi connectivity index (χ1v) is 12.0. The van der Waals surface area contributed by atoms with Gasteiger partial charge in [0.25, 0.3) is 6.47 Å². The third-order valence-electron chi connectivity index (χ3n) is 6.45. The van der Waals surface area contributed by atoms with E-state index in [1.807, 2.05) is 17.9 Å². The number of carbonyl (C=O) groups excluding carboxylic acids is 3. The Labute approximate surface area is 192 Å². The van der Waals surface area contributed by atoms with Crippen LogP contribution in [0.15, 0.2) is 35.6 Å². The van der Waals surface area contributed by atoms with Crippen molar-refractivity contribution in [2.45, 2.75) is 84.2 Å². The molecule has 32 heavy (non-hydrogen) atoms. The first kappa shape index (κ1) is 25.9. The first-order chi connectivity index (χ1) is 15.5. The standard InChI is InChI=1S/C26H39NO5/c1-4-20(2)26(31-18-10-17-27-16-9-15-25(27)30)23(21(3)29)13-7-5-6-11-22-12-8-14-24(22)32-19-28/h5,7,19,22,24H,2,4,6,8-18H2,1,3H3. The normalized spacial score (nSPS) is 21.7. The second kappa shape index (κ2) is 13.9. The fraction of sp³-hybridized carbons (Fsp3) is 0.654. The fourth-order valence-electron chi connectivity index (χ4n) is 4.54. The maximum atomic E-state index is 12.4. The molecule has 0 bridgehead atoms. The summed E-state index contributed by atoms with van der Waals surface area (Å²) in [5.41, 5.74) is 1.47. The van der Waals surface area contributed by atoms with Crippen molar-refractivity contribution in [2.75, 3.05) is 19.7 Å². The molecule has 0 aromatic heterocycles. The zero-order valence-electron chi connectivity index (χ0n) is 19.8. The van der Waals surface area contributed by atoms with Gasteiger partial charge in [-0.2, -0.15) is 0 Å². The van der Waals surface area contributed by atoms with Crippen molar-refractivity contribution in [1.82, 2.24) is 4.90 Å². The zero-order valence-corrected chi connectivity index (χ0v) is 19.8. The summed E-state index contributed by atoms with van der Waals surface area (Å²) in [6, 6.07) is 0. The highest BCUT2D eigenvalue weighted by Gasteiger charge is 2.27. The second-order valence-electron chi connectivity index (χ2n) is 8.72. The third kappa shape index (κ3) is 7.95. The summed E-state index contributed by atoms with van der Waals surface area (Å²) >= 11 is 0. The van der Waals surface area contributed by atoms with Gasteiger partial charge in [-0.05, 0) is 76.2 Å². The van der Waals surface area contributed by atoms with Crippen LogP contribution in [0.5, 0.6) is 0 Å². The number of amides is 1. The van der Waals surface area contributed by atoms with Crippen molar-refractivity contribution in [3.8, 4) is 0 Å². The Morgan fingerprint density at radius 3 is 2.72 bits per heavy atom. The molecule has 1 saturated carbocycles. The molecule has 0 N–H and O–H groups in total. The predicted octanol–water partition coefficient (Wildman–Crippen LogP) is 4.89. The van der Waals surface area contributed by atoms with Gasteiger partial charge in [0.05, 0.1) is 6.61 Å². The Hall–Kier alpha value is -2.37. The summed E-state index contributed by atoms with van der Waals surface area (Å²) in [4.78, 5) is 36.6. The summed E-state index contributed by atoms with van der Waals surface area (Å²) in [5, 5.41) is 0. The molecule has 0 aromatic carbocycles. The maximum Gasteiger partial charge on any atom is 0.293 e. The van der Waals surface area contributed by atoms with Crippen LogP contribution in [0.1, 0.15) is 78.1 Å². The molecular weight excluding hydrogens is 406 g/mol. The van der Waals surface area contributed by atoms with Crippen LogP contribution >= 0.6 is 0 Å². The lowest BCUT2D eigenvalue weighted by Crippen LogP contribution is -2.26. The summed E-state index contributed by atoms with van der Waals surface area (Å²) in [6.45, 7) is 10.2. The molecule has 2 unspecified atom stereocenters. The number of nitrogens with zero attached hydrogens (tertiary/aromatic N) is 1. The Morgan fingerprint density at radius 2 is 2.06 bits per heavy atom. The summed E-state index contributed by atoms with van der Waals surface area (Å²) < 4.78 is 11.2. The molecular formula is C26H39NO5. The summed E-state index contributed by atoms with van der Waals surface area (Å²) in [5.74, 6) is 1.24. The molecule has 1 amide bonds. The highest BCUT2D eigenvalue weighted by atomic mass is 16.5. The van der Waals surface area contributed by atoms with Gasteiger partial charge in [-0.3, -0.25) is 14.4 Å². The lowest BCUT2D eigenvalue weighted by atomic mass is 9.98. The number of ketones is 1. The molecule has 1 saturated heterocycles. The Bertz CT molecular complexity index is 724. The Balaban J connectivity index is 1.89. The lowest BCUT2D eigenvalue weighted by molar-refractivity contribution is -0.135. The van der Waals surface area contributed by atoms with E-state index in [9.17, 15) is 14.4 Å². The number of likely N-dealkylation sites (tertiary alicyclic amines) is 1. The molecule has 1 heterocycles. The van der Waals surface area contributed by atoms with Crippen molar-refractivity contribution >= 4 is 18.2 Å². The van der Waals surface area contributed by atoms with E-state index in [0.717, 1.165) is 57.1 Å². The number of Topliss-reactive ketones (excluding diaryl/α,β-unsaturated/α-hetero) is 1. The highest BCUT2D eigenvalue weighted by molar-refractivity contribution is 5.94. The monoisotopic (exact) mass is 445 g/mol. The minimum atomic E-state index is -0.00999. The average molecular weight is 446 g/mol. The average Bonchev–Trinajstić information content (AvgIpc) is 3.39. The fourth-order valence-corrected chi connectivity index (χ4v) is 4.54. The molecule has 2 fully saturated rings. The van der Waals surface area contributed by atoms with E-state index < -0.39 is 0 Å². The number of hydrogen-bond donors (Lipinski definition) is 0. The van der Waals surface area contributed by atoms with Gasteiger partial charge in [-0.25, -0.2) is 0 Å². The SMILES string of the molecule is C=C(CC)C(OCCCN1CCCC1=O)=C(CC=CCCC1CCCC1OC=O)C(C)=O. The molecule has 1 aliphatic heterocycles. The van der Waals surface area contributed by atoms with E-state index in [1.165, 1.54) is 0 Å². The van der Waals surface area contributed by atoms with Gasteiger partial charge >= 0.3 is 0 Å². The second-order valence-corrected chi connectivity index (χ2v) is 8.72. The maximum absolute atomic E-state index is 12.4. The molecule has 0 radical (unpaired) electrons. The molecule has 2 rings (SSSR count). The molecule has 2 aliphatic rings. The van der Waals surface area contributed by atoms with E-state index in [0.29, 0.717) is 56.1 Å².